The van der Waals surface area contributed by atoms with Gasteiger partial charge in [0.05, 0.1) is 32.4 Å². The molecule has 0 saturated heterocycles. The van der Waals surface area contributed by atoms with Crippen LogP contribution in [0.15, 0.2) is 30.3 Å². The van der Waals surface area contributed by atoms with Gasteiger partial charge in [-0.25, -0.2) is 0 Å². The number of rotatable bonds is 3. The standard InChI is InChI=1S/C15H15NO3/c1-17-9-7-11-14(13(8-9)19-3)10-5-4-6-12(18-2)15(10)16-11/h4-8,16H,1-3H3. The summed E-state index contributed by atoms with van der Waals surface area (Å²) < 4.78 is 16.1. The second kappa shape index (κ2) is 4.39. The van der Waals surface area contributed by atoms with Crippen LogP contribution in [0.5, 0.6) is 17.2 Å². The summed E-state index contributed by atoms with van der Waals surface area (Å²) >= 11 is 0. The van der Waals surface area contributed by atoms with E-state index >= 15 is 0 Å². The van der Waals surface area contributed by atoms with E-state index in [4.69, 9.17) is 14.2 Å². The highest BCUT2D eigenvalue weighted by molar-refractivity contribution is 6.12. The van der Waals surface area contributed by atoms with Gasteiger partial charge in [0.25, 0.3) is 0 Å². The fraction of sp³-hybridized carbons (Fsp3) is 0.200. The van der Waals surface area contributed by atoms with Gasteiger partial charge in [0.15, 0.2) is 0 Å². The van der Waals surface area contributed by atoms with E-state index in [-0.39, 0.29) is 0 Å². The van der Waals surface area contributed by atoms with Gasteiger partial charge in [0, 0.05) is 22.9 Å². The summed E-state index contributed by atoms with van der Waals surface area (Å²) in [5, 5.41) is 2.12. The van der Waals surface area contributed by atoms with Gasteiger partial charge in [-0.3, -0.25) is 0 Å². The van der Waals surface area contributed by atoms with Crippen LogP contribution >= 0.6 is 0 Å². The van der Waals surface area contributed by atoms with Crippen molar-refractivity contribution in [3.05, 3.63) is 30.3 Å². The molecule has 0 aliphatic carbocycles. The number of fused-ring (bicyclic) bond motifs is 3. The molecule has 0 aliphatic heterocycles. The third-order valence-corrected chi connectivity index (χ3v) is 3.31. The zero-order chi connectivity index (χ0) is 13.4. The fourth-order valence-corrected chi connectivity index (χ4v) is 2.42. The third-order valence-electron chi connectivity index (χ3n) is 3.31. The summed E-state index contributed by atoms with van der Waals surface area (Å²) in [5.41, 5.74) is 1.93. The molecular formula is C15H15NO3. The van der Waals surface area contributed by atoms with Crippen molar-refractivity contribution in [1.29, 1.82) is 0 Å². The molecule has 0 radical (unpaired) electrons. The van der Waals surface area contributed by atoms with Crippen molar-refractivity contribution in [2.24, 2.45) is 0 Å². The van der Waals surface area contributed by atoms with Crippen molar-refractivity contribution in [2.75, 3.05) is 21.3 Å². The summed E-state index contributed by atoms with van der Waals surface area (Å²) in [4.78, 5) is 3.36. The minimum atomic E-state index is 0.759. The average molecular weight is 257 g/mol. The van der Waals surface area contributed by atoms with Crippen LogP contribution < -0.4 is 14.2 Å². The molecule has 0 amide bonds. The second-order valence-electron chi connectivity index (χ2n) is 4.26. The number of hydrogen-bond donors (Lipinski definition) is 1. The normalized spacial score (nSPS) is 10.9. The summed E-state index contributed by atoms with van der Waals surface area (Å²) in [6.45, 7) is 0. The Hall–Kier alpha value is -2.36. The molecule has 4 nitrogen and oxygen atoms in total. The molecule has 3 aromatic rings. The van der Waals surface area contributed by atoms with E-state index in [1.165, 1.54) is 0 Å². The molecule has 0 fully saturated rings. The number of para-hydroxylation sites is 1. The van der Waals surface area contributed by atoms with E-state index < -0.39 is 0 Å². The van der Waals surface area contributed by atoms with Crippen molar-refractivity contribution in [2.45, 2.75) is 0 Å². The molecule has 1 aromatic heterocycles. The van der Waals surface area contributed by atoms with Gasteiger partial charge in [0.1, 0.15) is 17.2 Å². The number of nitrogens with one attached hydrogen (secondary N) is 1. The van der Waals surface area contributed by atoms with Gasteiger partial charge < -0.3 is 19.2 Å². The lowest BCUT2D eigenvalue weighted by molar-refractivity contribution is 0.398. The molecule has 19 heavy (non-hydrogen) atoms. The maximum absolute atomic E-state index is 5.47. The zero-order valence-electron chi connectivity index (χ0n) is 11.1. The van der Waals surface area contributed by atoms with Gasteiger partial charge in [-0.2, -0.15) is 0 Å². The van der Waals surface area contributed by atoms with Crippen molar-refractivity contribution in [3.8, 4) is 17.2 Å². The van der Waals surface area contributed by atoms with Gasteiger partial charge in [-0.05, 0) is 6.07 Å². The highest BCUT2D eigenvalue weighted by Crippen LogP contribution is 2.39. The second-order valence-corrected chi connectivity index (χ2v) is 4.26. The summed E-state index contributed by atoms with van der Waals surface area (Å²) in [7, 11) is 4.97. The van der Waals surface area contributed by atoms with E-state index in [1.54, 1.807) is 21.3 Å². The fourth-order valence-electron chi connectivity index (χ4n) is 2.42. The largest absolute Gasteiger partial charge is 0.497 e. The Kier molecular flexibility index (Phi) is 2.71. The minimum Gasteiger partial charge on any atom is -0.497 e. The lowest BCUT2D eigenvalue weighted by atomic mass is 10.1. The Bertz CT molecular complexity index is 746. The van der Waals surface area contributed by atoms with Gasteiger partial charge in [-0.1, -0.05) is 12.1 Å². The van der Waals surface area contributed by atoms with Crippen molar-refractivity contribution in [1.82, 2.24) is 4.98 Å². The molecule has 4 heteroatoms. The predicted octanol–water partition coefficient (Wildman–Crippen LogP) is 3.35. The Labute approximate surface area is 110 Å². The van der Waals surface area contributed by atoms with E-state index in [0.717, 1.165) is 39.1 Å². The van der Waals surface area contributed by atoms with E-state index in [1.807, 2.05) is 30.3 Å². The number of aromatic nitrogens is 1. The zero-order valence-corrected chi connectivity index (χ0v) is 11.1. The molecule has 0 bridgehead atoms. The molecule has 98 valence electrons. The number of hydrogen-bond acceptors (Lipinski definition) is 3. The number of benzene rings is 2. The maximum atomic E-state index is 5.47. The summed E-state index contributed by atoms with van der Waals surface area (Å²) in [6, 6.07) is 9.79. The lowest BCUT2D eigenvalue weighted by Crippen LogP contribution is -1.87. The smallest absolute Gasteiger partial charge is 0.142 e. The first kappa shape index (κ1) is 11.7. The number of H-pyrrole nitrogens is 1. The Morgan fingerprint density at radius 1 is 0.895 bits per heavy atom. The Morgan fingerprint density at radius 2 is 1.68 bits per heavy atom. The summed E-state index contributed by atoms with van der Waals surface area (Å²) in [6.07, 6.45) is 0. The number of ether oxygens (including phenoxy) is 3. The van der Waals surface area contributed by atoms with Gasteiger partial charge in [-0.15, -0.1) is 0 Å². The average Bonchev–Trinajstić information content (AvgIpc) is 2.84. The van der Waals surface area contributed by atoms with Crippen LogP contribution in [0.2, 0.25) is 0 Å². The first-order valence-corrected chi connectivity index (χ1v) is 5.99. The maximum Gasteiger partial charge on any atom is 0.142 e. The van der Waals surface area contributed by atoms with E-state index in [9.17, 15) is 0 Å². The molecule has 0 unspecified atom stereocenters. The van der Waals surface area contributed by atoms with Gasteiger partial charge >= 0.3 is 0 Å². The molecule has 0 saturated carbocycles. The van der Waals surface area contributed by atoms with E-state index in [0.29, 0.717) is 0 Å². The van der Waals surface area contributed by atoms with Gasteiger partial charge in [0.2, 0.25) is 0 Å². The predicted molar refractivity (Wildman–Crippen MR) is 75.5 cm³/mol. The molecule has 3 rings (SSSR count). The molecular weight excluding hydrogens is 242 g/mol. The quantitative estimate of drug-likeness (QED) is 0.782. The third kappa shape index (κ3) is 1.68. The number of methoxy groups -OCH3 is 3. The van der Waals surface area contributed by atoms with Crippen molar-refractivity contribution in [3.63, 3.8) is 0 Å². The first-order valence-electron chi connectivity index (χ1n) is 5.99. The van der Waals surface area contributed by atoms with Crippen LogP contribution in [0.3, 0.4) is 0 Å². The Balaban J connectivity index is 2.46. The van der Waals surface area contributed by atoms with Crippen molar-refractivity contribution < 1.29 is 14.2 Å². The SMILES string of the molecule is COc1cc(OC)c2c(c1)[nH]c1c(OC)cccc12. The minimum absolute atomic E-state index is 0.759. The van der Waals surface area contributed by atoms with E-state index in [2.05, 4.69) is 4.98 Å². The first-order chi connectivity index (χ1) is 9.28. The van der Waals surface area contributed by atoms with Crippen LogP contribution in [0.1, 0.15) is 0 Å². The lowest BCUT2D eigenvalue weighted by Gasteiger charge is -2.06. The van der Waals surface area contributed by atoms with Crippen LogP contribution in [0.25, 0.3) is 21.8 Å². The van der Waals surface area contributed by atoms with Crippen LogP contribution in [0.4, 0.5) is 0 Å². The molecule has 0 atom stereocenters. The highest BCUT2D eigenvalue weighted by atomic mass is 16.5. The molecule has 1 N–H and O–H groups in total. The monoisotopic (exact) mass is 257 g/mol. The van der Waals surface area contributed by atoms with Crippen LogP contribution in [0, 0.1) is 0 Å². The highest BCUT2D eigenvalue weighted by Gasteiger charge is 2.13. The van der Waals surface area contributed by atoms with Crippen LogP contribution in [-0.2, 0) is 0 Å². The Morgan fingerprint density at radius 3 is 2.37 bits per heavy atom. The summed E-state index contributed by atoms with van der Waals surface area (Å²) in [5.74, 6) is 2.36. The van der Waals surface area contributed by atoms with Crippen LogP contribution in [-0.4, -0.2) is 26.3 Å². The molecule has 0 spiro atoms. The molecule has 0 aliphatic rings. The topological polar surface area (TPSA) is 43.5 Å². The number of aromatic amines is 1. The molecule has 2 aromatic carbocycles. The molecule has 1 heterocycles. The van der Waals surface area contributed by atoms with Crippen molar-refractivity contribution >= 4 is 21.8 Å².